The number of aromatic nitrogens is 1. The van der Waals surface area contributed by atoms with Crippen molar-refractivity contribution in [3.05, 3.63) is 70.9 Å². The molecule has 0 spiro atoms. The second-order valence-electron chi connectivity index (χ2n) is 8.34. The molecule has 1 aromatic heterocycles. The van der Waals surface area contributed by atoms with Gasteiger partial charge in [0.1, 0.15) is 23.7 Å². The molecule has 2 amide bonds. The Labute approximate surface area is 202 Å². The Morgan fingerprint density at radius 1 is 1.09 bits per heavy atom. The van der Waals surface area contributed by atoms with E-state index in [0.29, 0.717) is 23.6 Å². The first-order valence-electron chi connectivity index (χ1n) is 10.7. The summed E-state index contributed by atoms with van der Waals surface area (Å²) in [5.41, 5.74) is 3.62. The standard InChI is InChI=1S/C25H26N4O4S/c1-25(2,3)33-24(31)28-11-10-27-23(30)21-22(34-16-29-21)19-8-5-9-20(13-19)32-15-18-7-4-6-17(12-18)14-26/h4-9,12-13,16H,10-11,15H2,1-3H3,(H,27,30)(H,28,31). The molecule has 0 fully saturated rings. The number of thiazole rings is 1. The summed E-state index contributed by atoms with van der Waals surface area (Å²) in [7, 11) is 0. The number of benzene rings is 2. The van der Waals surface area contributed by atoms with Gasteiger partial charge in [0.25, 0.3) is 5.91 Å². The van der Waals surface area contributed by atoms with Crippen LogP contribution < -0.4 is 15.4 Å². The van der Waals surface area contributed by atoms with Crippen molar-refractivity contribution < 1.29 is 19.1 Å². The molecule has 34 heavy (non-hydrogen) atoms. The van der Waals surface area contributed by atoms with E-state index in [1.807, 2.05) is 36.4 Å². The summed E-state index contributed by atoms with van der Waals surface area (Å²) in [6.07, 6.45) is -0.535. The van der Waals surface area contributed by atoms with Crippen LogP contribution in [0.1, 0.15) is 42.4 Å². The van der Waals surface area contributed by atoms with Crippen molar-refractivity contribution in [1.82, 2.24) is 15.6 Å². The minimum absolute atomic E-state index is 0.233. The number of carbonyl (C=O) groups is 2. The fourth-order valence-corrected chi connectivity index (χ4v) is 3.76. The number of rotatable bonds is 8. The molecule has 8 nitrogen and oxygen atoms in total. The summed E-state index contributed by atoms with van der Waals surface area (Å²) in [4.78, 5) is 29.3. The van der Waals surface area contributed by atoms with Gasteiger partial charge < -0.3 is 20.1 Å². The fourth-order valence-electron chi connectivity index (χ4n) is 2.98. The lowest BCUT2D eigenvalue weighted by Gasteiger charge is -2.19. The molecule has 0 bridgehead atoms. The van der Waals surface area contributed by atoms with Crippen LogP contribution in [-0.2, 0) is 11.3 Å². The van der Waals surface area contributed by atoms with Crippen molar-refractivity contribution >= 4 is 23.3 Å². The summed E-state index contributed by atoms with van der Waals surface area (Å²) in [6.45, 7) is 6.13. The molecule has 0 atom stereocenters. The van der Waals surface area contributed by atoms with E-state index in [9.17, 15) is 9.59 Å². The average molecular weight is 479 g/mol. The monoisotopic (exact) mass is 478 g/mol. The first-order chi connectivity index (χ1) is 16.2. The van der Waals surface area contributed by atoms with Gasteiger partial charge in [0.2, 0.25) is 0 Å². The fraction of sp³-hybridized carbons (Fsp3) is 0.280. The van der Waals surface area contributed by atoms with Crippen molar-refractivity contribution in [3.8, 4) is 22.3 Å². The smallest absolute Gasteiger partial charge is 0.407 e. The summed E-state index contributed by atoms with van der Waals surface area (Å²) >= 11 is 1.36. The Balaban J connectivity index is 1.58. The summed E-state index contributed by atoms with van der Waals surface area (Å²) < 4.78 is 11.1. The third-order valence-corrected chi connectivity index (χ3v) is 5.29. The van der Waals surface area contributed by atoms with Crippen LogP contribution in [-0.4, -0.2) is 35.7 Å². The van der Waals surface area contributed by atoms with Crippen molar-refractivity contribution in [2.75, 3.05) is 13.1 Å². The Morgan fingerprint density at radius 2 is 1.85 bits per heavy atom. The Kier molecular flexibility index (Phi) is 8.22. The third-order valence-electron chi connectivity index (χ3n) is 4.42. The maximum atomic E-state index is 12.7. The van der Waals surface area contributed by atoms with Gasteiger partial charge in [-0.05, 0) is 56.2 Å². The first-order valence-corrected chi connectivity index (χ1v) is 11.5. The molecule has 0 unspecified atom stereocenters. The predicted octanol–water partition coefficient (Wildman–Crippen LogP) is 4.52. The number of alkyl carbamates (subject to hydrolysis) is 1. The normalized spacial score (nSPS) is 10.8. The van der Waals surface area contributed by atoms with E-state index in [2.05, 4.69) is 21.7 Å². The van der Waals surface area contributed by atoms with Crippen molar-refractivity contribution in [3.63, 3.8) is 0 Å². The maximum absolute atomic E-state index is 12.7. The van der Waals surface area contributed by atoms with Crippen LogP contribution in [0.5, 0.6) is 5.75 Å². The van der Waals surface area contributed by atoms with Gasteiger partial charge >= 0.3 is 6.09 Å². The van der Waals surface area contributed by atoms with E-state index in [1.165, 1.54) is 11.3 Å². The van der Waals surface area contributed by atoms with Gasteiger partial charge in [-0.25, -0.2) is 9.78 Å². The highest BCUT2D eigenvalue weighted by Crippen LogP contribution is 2.30. The SMILES string of the molecule is CC(C)(C)OC(=O)NCCNC(=O)c1ncsc1-c1cccc(OCc2cccc(C#N)c2)c1. The zero-order valence-corrected chi connectivity index (χ0v) is 20.1. The van der Waals surface area contributed by atoms with Crippen LogP contribution >= 0.6 is 11.3 Å². The van der Waals surface area contributed by atoms with Gasteiger partial charge in [0.05, 0.1) is 22.0 Å². The van der Waals surface area contributed by atoms with Gasteiger partial charge in [-0.1, -0.05) is 24.3 Å². The highest BCUT2D eigenvalue weighted by molar-refractivity contribution is 7.13. The number of nitriles is 1. The van der Waals surface area contributed by atoms with E-state index in [1.54, 1.807) is 38.4 Å². The molecule has 2 N–H and O–H groups in total. The van der Waals surface area contributed by atoms with E-state index in [0.717, 1.165) is 16.0 Å². The molecule has 0 radical (unpaired) electrons. The van der Waals surface area contributed by atoms with Crippen LogP contribution in [0.4, 0.5) is 4.79 Å². The number of ether oxygens (including phenoxy) is 2. The zero-order chi connectivity index (χ0) is 24.6. The van der Waals surface area contributed by atoms with Crippen LogP contribution in [0.2, 0.25) is 0 Å². The largest absolute Gasteiger partial charge is 0.489 e. The number of hydrogen-bond donors (Lipinski definition) is 2. The Morgan fingerprint density at radius 3 is 2.62 bits per heavy atom. The molecule has 2 aromatic carbocycles. The number of hydrogen-bond acceptors (Lipinski definition) is 7. The van der Waals surface area contributed by atoms with Gasteiger partial charge in [-0.2, -0.15) is 5.26 Å². The average Bonchev–Trinajstić information content (AvgIpc) is 3.30. The summed E-state index contributed by atoms with van der Waals surface area (Å²) in [5.74, 6) is 0.308. The van der Waals surface area contributed by atoms with Gasteiger partial charge in [-0.15, -0.1) is 11.3 Å². The predicted molar refractivity (Wildman–Crippen MR) is 130 cm³/mol. The van der Waals surface area contributed by atoms with Crippen LogP contribution in [0.15, 0.2) is 54.0 Å². The van der Waals surface area contributed by atoms with Gasteiger partial charge in [-0.3, -0.25) is 4.79 Å². The molecule has 0 aliphatic carbocycles. The number of carbonyl (C=O) groups excluding carboxylic acids is 2. The Bertz CT molecular complexity index is 1190. The second-order valence-corrected chi connectivity index (χ2v) is 9.20. The number of nitrogens with zero attached hydrogens (tertiary/aromatic N) is 2. The van der Waals surface area contributed by atoms with Gasteiger partial charge in [0.15, 0.2) is 0 Å². The lowest BCUT2D eigenvalue weighted by molar-refractivity contribution is 0.0526. The molecule has 3 rings (SSSR count). The van der Waals surface area contributed by atoms with Crippen molar-refractivity contribution in [2.45, 2.75) is 33.0 Å². The molecule has 9 heteroatoms. The molecule has 0 aliphatic heterocycles. The summed E-state index contributed by atoms with van der Waals surface area (Å²) in [5, 5.41) is 14.4. The highest BCUT2D eigenvalue weighted by atomic mass is 32.1. The molecule has 0 saturated carbocycles. The lowest BCUT2D eigenvalue weighted by atomic mass is 10.1. The van der Waals surface area contributed by atoms with E-state index in [-0.39, 0.29) is 19.0 Å². The van der Waals surface area contributed by atoms with Crippen LogP contribution in [0.3, 0.4) is 0 Å². The Hall–Kier alpha value is -3.90. The second kappa shape index (κ2) is 11.3. The highest BCUT2D eigenvalue weighted by Gasteiger charge is 2.18. The van der Waals surface area contributed by atoms with Crippen LogP contribution in [0, 0.1) is 11.3 Å². The molecule has 0 saturated heterocycles. The van der Waals surface area contributed by atoms with E-state index < -0.39 is 11.7 Å². The lowest BCUT2D eigenvalue weighted by Crippen LogP contribution is -2.38. The molecule has 176 valence electrons. The van der Waals surface area contributed by atoms with Crippen molar-refractivity contribution in [2.24, 2.45) is 0 Å². The van der Waals surface area contributed by atoms with Crippen LogP contribution in [0.25, 0.3) is 10.4 Å². The molecule has 3 aromatic rings. The summed E-state index contributed by atoms with van der Waals surface area (Å²) in [6, 6.07) is 16.8. The molecular formula is C25H26N4O4S. The third kappa shape index (κ3) is 7.32. The number of nitrogens with one attached hydrogen (secondary N) is 2. The van der Waals surface area contributed by atoms with Gasteiger partial charge in [0, 0.05) is 13.1 Å². The molecule has 0 aliphatic rings. The van der Waals surface area contributed by atoms with Crippen molar-refractivity contribution in [1.29, 1.82) is 5.26 Å². The van der Waals surface area contributed by atoms with E-state index >= 15 is 0 Å². The number of amides is 2. The first kappa shape index (κ1) is 24.7. The quantitative estimate of drug-likeness (QED) is 0.461. The minimum atomic E-state index is -0.582. The zero-order valence-electron chi connectivity index (χ0n) is 19.3. The topological polar surface area (TPSA) is 113 Å². The maximum Gasteiger partial charge on any atom is 0.407 e. The molecule has 1 heterocycles. The minimum Gasteiger partial charge on any atom is -0.489 e. The molecular weight excluding hydrogens is 452 g/mol. The van der Waals surface area contributed by atoms with E-state index in [4.69, 9.17) is 14.7 Å².